The van der Waals surface area contributed by atoms with E-state index < -0.39 is 5.82 Å². The molecule has 2 rings (SSSR count). The molecule has 0 aromatic heterocycles. The van der Waals surface area contributed by atoms with Gasteiger partial charge in [0.25, 0.3) is 0 Å². The quantitative estimate of drug-likeness (QED) is 0.733. The lowest BCUT2D eigenvalue weighted by Crippen LogP contribution is -2.25. The number of aldehydes is 1. The minimum absolute atomic E-state index is 0.196. The molecule has 0 N–H and O–H groups in total. The summed E-state index contributed by atoms with van der Waals surface area (Å²) in [4.78, 5) is 13.1. The highest BCUT2D eigenvalue weighted by atomic mass is 19.1. The third-order valence-corrected chi connectivity index (χ3v) is 3.51. The first-order chi connectivity index (χ1) is 8.22. The van der Waals surface area contributed by atoms with Crippen LogP contribution < -0.4 is 4.90 Å². The summed E-state index contributed by atoms with van der Waals surface area (Å²) in [5.74, 6) is 0.294. The van der Waals surface area contributed by atoms with Crippen molar-refractivity contribution in [1.82, 2.24) is 0 Å². The van der Waals surface area contributed by atoms with Crippen molar-refractivity contribution in [1.29, 1.82) is 0 Å². The predicted molar refractivity (Wildman–Crippen MR) is 67.0 cm³/mol. The van der Waals surface area contributed by atoms with Gasteiger partial charge in [-0.25, -0.2) is 4.39 Å². The molecule has 1 saturated heterocycles. The van der Waals surface area contributed by atoms with Crippen LogP contribution in [0.3, 0.4) is 0 Å². The molecule has 0 spiro atoms. The van der Waals surface area contributed by atoms with Gasteiger partial charge in [0.15, 0.2) is 6.29 Å². The number of carbonyl (C=O) groups excluding carboxylic acids is 1. The van der Waals surface area contributed by atoms with E-state index in [1.807, 2.05) is 6.07 Å². The summed E-state index contributed by atoms with van der Waals surface area (Å²) in [6.07, 6.45) is 4.05. The van der Waals surface area contributed by atoms with E-state index >= 15 is 0 Å². The Kier molecular flexibility index (Phi) is 3.77. The zero-order chi connectivity index (χ0) is 12.3. The van der Waals surface area contributed by atoms with Gasteiger partial charge in [-0.2, -0.15) is 0 Å². The summed E-state index contributed by atoms with van der Waals surface area (Å²) in [6.45, 7) is 4.07. The number of nitrogens with zero attached hydrogens (tertiary/aromatic N) is 1. The van der Waals surface area contributed by atoms with E-state index in [2.05, 4.69) is 11.8 Å². The van der Waals surface area contributed by atoms with Crippen LogP contribution in [0.2, 0.25) is 0 Å². The van der Waals surface area contributed by atoms with Gasteiger partial charge in [-0.1, -0.05) is 13.0 Å². The first-order valence-electron chi connectivity index (χ1n) is 6.21. The van der Waals surface area contributed by atoms with Crippen LogP contribution in [0.4, 0.5) is 10.1 Å². The summed E-state index contributed by atoms with van der Waals surface area (Å²) in [7, 11) is 0. The molecule has 1 aromatic rings. The zero-order valence-electron chi connectivity index (χ0n) is 10.2. The smallest absolute Gasteiger partial charge is 0.155 e. The summed E-state index contributed by atoms with van der Waals surface area (Å²) >= 11 is 0. The zero-order valence-corrected chi connectivity index (χ0v) is 10.2. The molecule has 0 bridgehead atoms. The molecule has 0 radical (unpaired) electrons. The van der Waals surface area contributed by atoms with Crippen LogP contribution in [-0.4, -0.2) is 19.4 Å². The lowest BCUT2D eigenvalue weighted by atomic mass is 10.0. The monoisotopic (exact) mass is 235 g/mol. The number of carbonyl (C=O) groups is 1. The standard InChI is InChI=1S/C14H18FNO/c1-11-4-3-8-16(9-7-11)14-6-2-5-13(15)12(14)10-17/h2,5-6,10-11H,3-4,7-9H2,1H3. The number of rotatable bonds is 2. The highest BCUT2D eigenvalue weighted by Gasteiger charge is 2.18. The van der Waals surface area contributed by atoms with Crippen molar-refractivity contribution < 1.29 is 9.18 Å². The minimum Gasteiger partial charge on any atom is -0.371 e. The number of anilines is 1. The molecule has 0 saturated carbocycles. The van der Waals surface area contributed by atoms with Gasteiger partial charge in [-0.15, -0.1) is 0 Å². The van der Waals surface area contributed by atoms with E-state index in [1.54, 1.807) is 6.07 Å². The van der Waals surface area contributed by atoms with E-state index in [-0.39, 0.29) is 5.56 Å². The molecule has 0 aliphatic carbocycles. The topological polar surface area (TPSA) is 20.3 Å². The first kappa shape index (κ1) is 12.1. The second kappa shape index (κ2) is 5.30. The lowest BCUT2D eigenvalue weighted by molar-refractivity contribution is 0.112. The average molecular weight is 235 g/mol. The van der Waals surface area contributed by atoms with Gasteiger partial charge in [0.1, 0.15) is 5.82 Å². The summed E-state index contributed by atoms with van der Waals surface area (Å²) in [6, 6.07) is 4.85. The molecular weight excluding hydrogens is 217 g/mol. The number of hydrogen-bond donors (Lipinski definition) is 0. The van der Waals surface area contributed by atoms with Crippen molar-refractivity contribution in [3.63, 3.8) is 0 Å². The van der Waals surface area contributed by atoms with Crippen LogP contribution in [-0.2, 0) is 0 Å². The number of benzene rings is 1. The maximum absolute atomic E-state index is 13.5. The van der Waals surface area contributed by atoms with E-state index in [1.165, 1.54) is 12.5 Å². The van der Waals surface area contributed by atoms with Crippen LogP contribution in [0.5, 0.6) is 0 Å². The highest BCUT2D eigenvalue weighted by molar-refractivity contribution is 5.85. The molecule has 1 atom stereocenters. The normalized spacial score (nSPS) is 21.1. The van der Waals surface area contributed by atoms with Crippen LogP contribution in [0.25, 0.3) is 0 Å². The Balaban J connectivity index is 2.26. The Morgan fingerprint density at radius 2 is 2.18 bits per heavy atom. The summed E-state index contributed by atoms with van der Waals surface area (Å²) < 4.78 is 13.5. The van der Waals surface area contributed by atoms with E-state index in [0.717, 1.165) is 31.6 Å². The second-order valence-corrected chi connectivity index (χ2v) is 4.81. The fourth-order valence-corrected chi connectivity index (χ4v) is 2.42. The minimum atomic E-state index is -0.421. The molecule has 1 aliphatic rings. The van der Waals surface area contributed by atoms with Crippen LogP contribution in [0.1, 0.15) is 36.5 Å². The largest absolute Gasteiger partial charge is 0.371 e. The van der Waals surface area contributed by atoms with Crippen LogP contribution in [0, 0.1) is 11.7 Å². The molecule has 0 amide bonds. The third kappa shape index (κ3) is 2.65. The van der Waals surface area contributed by atoms with Crippen molar-refractivity contribution >= 4 is 12.0 Å². The van der Waals surface area contributed by atoms with Crippen LogP contribution >= 0.6 is 0 Å². The maximum atomic E-state index is 13.5. The summed E-state index contributed by atoms with van der Waals surface area (Å²) in [5.41, 5.74) is 0.941. The van der Waals surface area contributed by atoms with Gasteiger partial charge in [-0.05, 0) is 37.3 Å². The fourth-order valence-electron chi connectivity index (χ4n) is 2.42. The van der Waals surface area contributed by atoms with Gasteiger partial charge >= 0.3 is 0 Å². The lowest BCUT2D eigenvalue weighted by Gasteiger charge is -2.24. The van der Waals surface area contributed by atoms with Gasteiger partial charge < -0.3 is 4.90 Å². The summed E-state index contributed by atoms with van der Waals surface area (Å²) in [5, 5.41) is 0. The molecule has 1 aliphatic heterocycles. The Morgan fingerprint density at radius 1 is 1.35 bits per heavy atom. The Hall–Kier alpha value is -1.38. The molecule has 2 nitrogen and oxygen atoms in total. The molecule has 1 unspecified atom stereocenters. The SMILES string of the molecule is CC1CCCN(c2cccc(F)c2C=O)CC1. The van der Waals surface area contributed by atoms with Crippen molar-refractivity contribution in [3.8, 4) is 0 Å². The number of halogens is 1. The Bertz CT molecular complexity index is 405. The van der Waals surface area contributed by atoms with Crippen molar-refractivity contribution in [3.05, 3.63) is 29.6 Å². The molecule has 1 fully saturated rings. The third-order valence-electron chi connectivity index (χ3n) is 3.51. The van der Waals surface area contributed by atoms with Crippen molar-refractivity contribution in [2.45, 2.75) is 26.2 Å². The number of hydrogen-bond acceptors (Lipinski definition) is 2. The maximum Gasteiger partial charge on any atom is 0.155 e. The van der Waals surface area contributed by atoms with Crippen molar-refractivity contribution in [2.24, 2.45) is 5.92 Å². The molecule has 1 heterocycles. The Morgan fingerprint density at radius 3 is 2.94 bits per heavy atom. The van der Waals surface area contributed by atoms with E-state index in [4.69, 9.17) is 0 Å². The average Bonchev–Trinajstić information content (AvgIpc) is 2.54. The van der Waals surface area contributed by atoms with Gasteiger partial charge in [0, 0.05) is 13.1 Å². The molecule has 3 heteroatoms. The Labute approximate surface area is 101 Å². The molecular formula is C14H18FNO. The van der Waals surface area contributed by atoms with E-state index in [9.17, 15) is 9.18 Å². The van der Waals surface area contributed by atoms with E-state index in [0.29, 0.717) is 12.2 Å². The predicted octanol–water partition coefficient (Wildman–Crippen LogP) is 3.26. The molecule has 17 heavy (non-hydrogen) atoms. The molecule has 92 valence electrons. The molecule has 1 aromatic carbocycles. The highest BCUT2D eigenvalue weighted by Crippen LogP contribution is 2.26. The van der Waals surface area contributed by atoms with Gasteiger partial charge in [0.05, 0.1) is 11.3 Å². The van der Waals surface area contributed by atoms with Crippen LogP contribution in [0.15, 0.2) is 18.2 Å². The second-order valence-electron chi connectivity index (χ2n) is 4.81. The van der Waals surface area contributed by atoms with Gasteiger partial charge in [-0.3, -0.25) is 4.79 Å². The van der Waals surface area contributed by atoms with Crippen molar-refractivity contribution in [2.75, 3.05) is 18.0 Å². The fraction of sp³-hybridized carbons (Fsp3) is 0.500. The first-order valence-corrected chi connectivity index (χ1v) is 6.21. The van der Waals surface area contributed by atoms with Gasteiger partial charge in [0.2, 0.25) is 0 Å².